The van der Waals surface area contributed by atoms with Gasteiger partial charge in [-0.2, -0.15) is 0 Å². The van der Waals surface area contributed by atoms with E-state index in [9.17, 15) is 17.6 Å². The molecular weight excluding hydrogens is 360 g/mol. The van der Waals surface area contributed by atoms with Gasteiger partial charge in [-0.25, -0.2) is 17.6 Å². The predicted octanol–water partition coefficient (Wildman–Crippen LogP) is 5.69. The maximum absolute atomic E-state index is 14.0. The van der Waals surface area contributed by atoms with E-state index in [1.807, 2.05) is 0 Å². The van der Waals surface area contributed by atoms with Crippen LogP contribution in [-0.2, 0) is 0 Å². The fourth-order valence-corrected chi connectivity index (χ4v) is 2.99. The Morgan fingerprint density at radius 2 is 1.60 bits per heavy atom. The Hall–Kier alpha value is -1.07. The first kappa shape index (κ1) is 15.3. The van der Waals surface area contributed by atoms with Crippen LogP contribution >= 0.6 is 27.5 Å². The lowest BCUT2D eigenvalue weighted by molar-refractivity contribution is 0.506. The molecule has 106 valence electrons. The van der Waals surface area contributed by atoms with Gasteiger partial charge in [0, 0.05) is 10.6 Å². The van der Waals surface area contributed by atoms with E-state index in [0.717, 1.165) is 18.2 Å². The molecule has 0 radical (unpaired) electrons. The van der Waals surface area contributed by atoms with Gasteiger partial charge in [-0.3, -0.25) is 0 Å². The van der Waals surface area contributed by atoms with Gasteiger partial charge < -0.3 is 0 Å². The minimum Gasteiger partial charge on any atom is -0.207 e. The summed E-state index contributed by atoms with van der Waals surface area (Å²) in [6, 6.07) is 3.99. The van der Waals surface area contributed by atoms with Crippen molar-refractivity contribution in [1.29, 1.82) is 0 Å². The van der Waals surface area contributed by atoms with Crippen molar-refractivity contribution in [2.24, 2.45) is 0 Å². The minimum atomic E-state index is -1.14. The molecule has 2 aromatic rings. The highest BCUT2D eigenvalue weighted by atomic mass is 79.9. The summed E-state index contributed by atoms with van der Waals surface area (Å²) in [7, 11) is 0. The topological polar surface area (TPSA) is 0 Å². The lowest BCUT2D eigenvalue weighted by Crippen LogP contribution is -2.04. The molecule has 0 bridgehead atoms. The van der Waals surface area contributed by atoms with Crippen LogP contribution in [0, 0.1) is 30.2 Å². The smallest absolute Gasteiger partial charge is 0.160 e. The Bertz CT molecular complexity index is 673. The van der Waals surface area contributed by atoms with E-state index in [0.29, 0.717) is 0 Å². The molecule has 0 nitrogen and oxygen atoms in total. The van der Waals surface area contributed by atoms with E-state index in [1.54, 1.807) is 0 Å². The molecule has 0 heterocycles. The van der Waals surface area contributed by atoms with Crippen molar-refractivity contribution < 1.29 is 17.6 Å². The van der Waals surface area contributed by atoms with E-state index in [1.165, 1.54) is 13.0 Å². The number of hydrogen-bond donors (Lipinski definition) is 0. The summed E-state index contributed by atoms with van der Waals surface area (Å²) in [4.78, 5) is -1.02. The standard InChI is InChI=1S/C14H8BrClF4/c1-6-2-3-9(17)12(14(6)20)13(15)7-4-10(18)11(19)5-8(7)16/h2-5,13H,1H3. The van der Waals surface area contributed by atoms with E-state index >= 15 is 0 Å². The first-order valence-corrected chi connectivity index (χ1v) is 6.85. The van der Waals surface area contributed by atoms with Crippen molar-refractivity contribution in [3.63, 3.8) is 0 Å². The second kappa shape index (κ2) is 5.74. The molecular formula is C14H8BrClF4. The molecule has 0 N–H and O–H groups in total. The van der Waals surface area contributed by atoms with Crippen LogP contribution in [0.3, 0.4) is 0 Å². The highest BCUT2D eigenvalue weighted by Gasteiger charge is 2.24. The van der Waals surface area contributed by atoms with Gasteiger partial charge in [0.15, 0.2) is 11.6 Å². The Morgan fingerprint density at radius 1 is 1.00 bits per heavy atom. The highest BCUT2D eigenvalue weighted by molar-refractivity contribution is 9.09. The lowest BCUT2D eigenvalue weighted by atomic mass is 10.0. The van der Waals surface area contributed by atoms with Crippen molar-refractivity contribution in [3.8, 4) is 0 Å². The summed E-state index contributed by atoms with van der Waals surface area (Å²) in [6.07, 6.45) is 0. The van der Waals surface area contributed by atoms with Gasteiger partial charge >= 0.3 is 0 Å². The number of rotatable bonds is 2. The molecule has 0 aliphatic rings. The van der Waals surface area contributed by atoms with E-state index in [-0.39, 0.29) is 21.7 Å². The number of alkyl halides is 1. The molecule has 0 aliphatic heterocycles. The van der Waals surface area contributed by atoms with Crippen LogP contribution in [0.2, 0.25) is 5.02 Å². The number of halogens is 6. The van der Waals surface area contributed by atoms with Gasteiger partial charge in [-0.05, 0) is 36.2 Å². The summed E-state index contributed by atoms with van der Waals surface area (Å²) < 4.78 is 54.1. The Labute approximate surface area is 126 Å². The first-order valence-electron chi connectivity index (χ1n) is 5.56. The summed E-state index contributed by atoms with van der Waals surface area (Å²) in [5, 5.41) is -0.119. The van der Waals surface area contributed by atoms with Crippen molar-refractivity contribution >= 4 is 27.5 Å². The quantitative estimate of drug-likeness (QED) is 0.363. The fraction of sp³-hybridized carbons (Fsp3) is 0.143. The molecule has 6 heteroatoms. The molecule has 0 saturated carbocycles. The maximum Gasteiger partial charge on any atom is 0.160 e. The monoisotopic (exact) mass is 366 g/mol. The summed E-state index contributed by atoms with van der Waals surface area (Å²) >= 11 is 8.90. The first-order chi connectivity index (χ1) is 9.32. The second-order valence-corrected chi connectivity index (χ2v) is 5.57. The maximum atomic E-state index is 14.0. The third kappa shape index (κ3) is 2.69. The number of benzene rings is 2. The SMILES string of the molecule is Cc1ccc(F)c(C(Br)c2cc(F)c(F)cc2Cl)c1F. The molecule has 0 spiro atoms. The molecule has 2 aromatic carbocycles. The second-order valence-electron chi connectivity index (χ2n) is 4.24. The summed E-state index contributed by atoms with van der Waals surface area (Å²) in [5.74, 6) is -3.81. The van der Waals surface area contributed by atoms with Crippen LogP contribution in [0.4, 0.5) is 17.6 Å². The third-order valence-corrected chi connectivity index (χ3v) is 4.16. The molecule has 0 aliphatic carbocycles. The van der Waals surface area contributed by atoms with Crippen LogP contribution in [-0.4, -0.2) is 0 Å². The Morgan fingerprint density at radius 3 is 2.25 bits per heavy atom. The Balaban J connectivity index is 2.60. The average molecular weight is 368 g/mol. The van der Waals surface area contributed by atoms with Gasteiger partial charge in [0.2, 0.25) is 0 Å². The predicted molar refractivity (Wildman–Crippen MR) is 73.2 cm³/mol. The largest absolute Gasteiger partial charge is 0.207 e. The van der Waals surface area contributed by atoms with Crippen molar-refractivity contribution in [2.75, 3.05) is 0 Å². The van der Waals surface area contributed by atoms with Crippen LogP contribution in [0.1, 0.15) is 21.5 Å². The summed E-state index contributed by atoms with van der Waals surface area (Å²) in [5.41, 5.74) is -0.00330. The zero-order chi connectivity index (χ0) is 15.0. The molecule has 0 fully saturated rings. The molecule has 0 saturated heterocycles. The normalized spacial score (nSPS) is 12.6. The van der Waals surface area contributed by atoms with E-state index < -0.39 is 28.1 Å². The fourth-order valence-electron chi connectivity index (χ4n) is 1.80. The number of aryl methyl sites for hydroxylation is 1. The van der Waals surface area contributed by atoms with E-state index in [2.05, 4.69) is 15.9 Å². The van der Waals surface area contributed by atoms with Gasteiger partial charge in [-0.1, -0.05) is 33.6 Å². The van der Waals surface area contributed by atoms with Crippen LogP contribution in [0.25, 0.3) is 0 Å². The molecule has 2 rings (SSSR count). The van der Waals surface area contributed by atoms with Gasteiger partial charge in [0.05, 0.1) is 4.83 Å². The van der Waals surface area contributed by atoms with Crippen LogP contribution in [0.5, 0.6) is 0 Å². The van der Waals surface area contributed by atoms with Gasteiger partial charge in [0.1, 0.15) is 11.6 Å². The minimum absolute atomic E-state index is 0.0500. The third-order valence-electron chi connectivity index (χ3n) is 2.89. The zero-order valence-corrected chi connectivity index (χ0v) is 12.5. The molecule has 1 atom stereocenters. The van der Waals surface area contributed by atoms with Crippen LogP contribution in [0.15, 0.2) is 24.3 Å². The van der Waals surface area contributed by atoms with Gasteiger partial charge in [-0.15, -0.1) is 0 Å². The summed E-state index contributed by atoms with van der Waals surface area (Å²) in [6.45, 7) is 1.48. The van der Waals surface area contributed by atoms with Gasteiger partial charge in [0.25, 0.3) is 0 Å². The lowest BCUT2D eigenvalue weighted by Gasteiger charge is -2.15. The van der Waals surface area contributed by atoms with Crippen molar-refractivity contribution in [1.82, 2.24) is 0 Å². The Kier molecular flexibility index (Phi) is 4.39. The average Bonchev–Trinajstić information content (AvgIpc) is 2.38. The zero-order valence-electron chi connectivity index (χ0n) is 10.2. The van der Waals surface area contributed by atoms with Crippen LogP contribution < -0.4 is 0 Å². The van der Waals surface area contributed by atoms with Crippen molar-refractivity contribution in [2.45, 2.75) is 11.8 Å². The molecule has 1 unspecified atom stereocenters. The number of hydrogen-bond acceptors (Lipinski definition) is 0. The molecule has 0 amide bonds. The highest BCUT2D eigenvalue weighted by Crippen LogP contribution is 2.39. The molecule has 20 heavy (non-hydrogen) atoms. The van der Waals surface area contributed by atoms with E-state index in [4.69, 9.17) is 11.6 Å². The molecule has 0 aromatic heterocycles. The van der Waals surface area contributed by atoms with Crippen molar-refractivity contribution in [3.05, 3.63) is 69.2 Å².